The molecule has 112 valence electrons. The molecule has 4 nitrogen and oxygen atoms in total. The third-order valence-electron chi connectivity index (χ3n) is 4.26. The maximum Gasteiger partial charge on any atom is 0.214 e. The highest BCUT2D eigenvalue weighted by atomic mass is 32.2. The number of nitrogens with zero attached hydrogens (tertiary/aromatic N) is 1. The average Bonchev–Trinajstić information content (AvgIpc) is 3.15. The zero-order chi connectivity index (χ0) is 13.9. The minimum Gasteiger partial charge on any atom is -0.314 e. The molecule has 0 amide bonds. The Kier molecular flexibility index (Phi) is 5.26. The van der Waals surface area contributed by atoms with Crippen molar-refractivity contribution in [1.82, 2.24) is 9.62 Å². The quantitative estimate of drug-likeness (QED) is 0.729. The summed E-state index contributed by atoms with van der Waals surface area (Å²) in [6.45, 7) is 5.86. The third-order valence-corrected chi connectivity index (χ3v) is 6.29. The van der Waals surface area contributed by atoms with Crippen molar-refractivity contribution in [3.63, 3.8) is 0 Å². The number of hydrogen-bond donors (Lipinski definition) is 1. The molecule has 0 aromatic carbocycles. The number of piperidine rings is 1. The molecule has 1 heterocycles. The summed E-state index contributed by atoms with van der Waals surface area (Å²) in [4.78, 5) is 0. The van der Waals surface area contributed by atoms with Gasteiger partial charge >= 0.3 is 0 Å². The summed E-state index contributed by atoms with van der Waals surface area (Å²) in [5, 5.41) is 3.43. The van der Waals surface area contributed by atoms with Crippen molar-refractivity contribution in [2.45, 2.75) is 64.5 Å². The van der Waals surface area contributed by atoms with Crippen molar-refractivity contribution in [3.05, 3.63) is 0 Å². The molecule has 2 atom stereocenters. The van der Waals surface area contributed by atoms with Gasteiger partial charge in [0.15, 0.2) is 0 Å². The van der Waals surface area contributed by atoms with Crippen molar-refractivity contribution in [3.8, 4) is 0 Å². The van der Waals surface area contributed by atoms with Crippen LogP contribution in [-0.2, 0) is 10.0 Å². The summed E-state index contributed by atoms with van der Waals surface area (Å²) < 4.78 is 26.5. The fourth-order valence-corrected chi connectivity index (χ4v) is 4.69. The van der Waals surface area contributed by atoms with Gasteiger partial charge in [0.25, 0.3) is 0 Å². The lowest BCUT2D eigenvalue weighted by molar-refractivity contribution is 0.218. The standard InChI is InChI=1S/C14H28N2O2S/c1-12-5-6-13(2)16(11-12)19(17,18)10-4-3-9-15-14-7-8-14/h12-15H,3-11H2,1-2H3. The second-order valence-corrected chi connectivity index (χ2v) is 8.39. The molecule has 1 N–H and O–H groups in total. The Balaban J connectivity index is 1.72. The Morgan fingerprint density at radius 3 is 2.53 bits per heavy atom. The molecule has 0 spiro atoms. The zero-order valence-corrected chi connectivity index (χ0v) is 13.1. The van der Waals surface area contributed by atoms with E-state index in [-0.39, 0.29) is 6.04 Å². The fourth-order valence-electron chi connectivity index (χ4n) is 2.76. The maximum atomic E-state index is 12.4. The van der Waals surface area contributed by atoms with Crippen molar-refractivity contribution in [2.24, 2.45) is 5.92 Å². The van der Waals surface area contributed by atoms with E-state index in [1.54, 1.807) is 4.31 Å². The molecule has 2 unspecified atom stereocenters. The van der Waals surface area contributed by atoms with Crippen LogP contribution < -0.4 is 5.32 Å². The van der Waals surface area contributed by atoms with Gasteiger partial charge in [-0.05, 0) is 57.9 Å². The summed E-state index contributed by atoms with van der Waals surface area (Å²) in [7, 11) is -3.04. The molecule has 1 aliphatic carbocycles. The number of hydrogen-bond acceptors (Lipinski definition) is 3. The van der Waals surface area contributed by atoms with Gasteiger partial charge < -0.3 is 5.32 Å². The number of unbranched alkanes of at least 4 members (excludes halogenated alkanes) is 1. The fraction of sp³-hybridized carbons (Fsp3) is 1.00. The molecule has 0 aromatic rings. The molecule has 1 aliphatic heterocycles. The van der Waals surface area contributed by atoms with E-state index < -0.39 is 10.0 Å². The normalized spacial score (nSPS) is 29.6. The summed E-state index contributed by atoms with van der Waals surface area (Å²) >= 11 is 0. The number of rotatable bonds is 7. The summed E-state index contributed by atoms with van der Waals surface area (Å²) in [6, 6.07) is 0.908. The minimum absolute atomic E-state index is 0.186. The molecule has 2 rings (SSSR count). The van der Waals surface area contributed by atoms with Gasteiger partial charge in [0.05, 0.1) is 5.75 Å². The molecule has 19 heavy (non-hydrogen) atoms. The Morgan fingerprint density at radius 1 is 1.11 bits per heavy atom. The minimum atomic E-state index is -3.04. The highest BCUT2D eigenvalue weighted by Gasteiger charge is 2.31. The van der Waals surface area contributed by atoms with E-state index in [0.717, 1.165) is 38.3 Å². The van der Waals surface area contributed by atoms with Gasteiger partial charge in [0, 0.05) is 18.6 Å². The monoisotopic (exact) mass is 288 g/mol. The molecule has 0 bridgehead atoms. The predicted molar refractivity (Wildman–Crippen MR) is 78.6 cm³/mol. The van der Waals surface area contributed by atoms with Gasteiger partial charge in [0.2, 0.25) is 10.0 Å². The highest BCUT2D eigenvalue weighted by Crippen LogP contribution is 2.24. The number of sulfonamides is 1. The van der Waals surface area contributed by atoms with E-state index in [9.17, 15) is 8.42 Å². The Bertz CT molecular complexity index is 379. The van der Waals surface area contributed by atoms with Crippen molar-refractivity contribution < 1.29 is 8.42 Å². The largest absolute Gasteiger partial charge is 0.314 e. The van der Waals surface area contributed by atoms with Crippen molar-refractivity contribution >= 4 is 10.0 Å². The third kappa shape index (κ3) is 4.72. The van der Waals surface area contributed by atoms with Crippen LogP contribution in [0.3, 0.4) is 0 Å². The topological polar surface area (TPSA) is 49.4 Å². The molecule has 2 fully saturated rings. The van der Waals surface area contributed by atoms with Crippen LogP contribution in [0.2, 0.25) is 0 Å². The van der Waals surface area contributed by atoms with Crippen LogP contribution >= 0.6 is 0 Å². The second-order valence-electron chi connectivity index (χ2n) is 6.35. The van der Waals surface area contributed by atoms with Crippen LogP contribution in [0.15, 0.2) is 0 Å². The molecule has 2 aliphatic rings. The zero-order valence-electron chi connectivity index (χ0n) is 12.3. The first-order valence-electron chi connectivity index (χ1n) is 7.72. The van der Waals surface area contributed by atoms with E-state index in [1.807, 2.05) is 6.92 Å². The van der Waals surface area contributed by atoms with Gasteiger partial charge in [0.1, 0.15) is 0 Å². The number of nitrogens with one attached hydrogen (secondary N) is 1. The Morgan fingerprint density at radius 2 is 1.84 bits per heavy atom. The predicted octanol–water partition coefficient (Wildman–Crippen LogP) is 1.97. The lowest BCUT2D eigenvalue weighted by Crippen LogP contribution is -2.45. The molecular weight excluding hydrogens is 260 g/mol. The summed E-state index contributed by atoms with van der Waals surface area (Å²) in [6.07, 6.45) is 6.48. The van der Waals surface area contributed by atoms with E-state index in [0.29, 0.717) is 18.2 Å². The van der Waals surface area contributed by atoms with Crippen LogP contribution in [-0.4, -0.2) is 43.6 Å². The van der Waals surface area contributed by atoms with Crippen LogP contribution in [0.25, 0.3) is 0 Å². The molecule has 0 radical (unpaired) electrons. The van der Waals surface area contributed by atoms with E-state index in [2.05, 4.69) is 12.2 Å². The van der Waals surface area contributed by atoms with Gasteiger partial charge in [-0.3, -0.25) is 0 Å². The SMILES string of the molecule is CC1CCC(C)N(S(=O)(=O)CCCCNC2CC2)C1. The lowest BCUT2D eigenvalue weighted by Gasteiger charge is -2.35. The van der Waals surface area contributed by atoms with Crippen molar-refractivity contribution in [1.29, 1.82) is 0 Å². The summed E-state index contributed by atoms with van der Waals surface area (Å²) in [5.74, 6) is 0.818. The van der Waals surface area contributed by atoms with E-state index >= 15 is 0 Å². The first-order valence-corrected chi connectivity index (χ1v) is 9.33. The van der Waals surface area contributed by atoms with Crippen molar-refractivity contribution in [2.75, 3.05) is 18.8 Å². The Hall–Kier alpha value is -0.130. The smallest absolute Gasteiger partial charge is 0.214 e. The molecule has 0 aromatic heterocycles. The van der Waals surface area contributed by atoms with E-state index in [4.69, 9.17) is 0 Å². The van der Waals surface area contributed by atoms with Gasteiger partial charge in [-0.1, -0.05) is 6.92 Å². The molecule has 1 saturated heterocycles. The van der Waals surface area contributed by atoms with Gasteiger partial charge in [-0.15, -0.1) is 0 Å². The second kappa shape index (κ2) is 6.55. The van der Waals surface area contributed by atoms with E-state index in [1.165, 1.54) is 12.8 Å². The van der Waals surface area contributed by atoms with Crippen LogP contribution in [0, 0.1) is 5.92 Å². The van der Waals surface area contributed by atoms with Crippen LogP contribution in [0.4, 0.5) is 0 Å². The molecule has 5 heteroatoms. The van der Waals surface area contributed by atoms with Gasteiger partial charge in [-0.25, -0.2) is 8.42 Å². The van der Waals surface area contributed by atoms with Crippen LogP contribution in [0.5, 0.6) is 0 Å². The Labute approximate surface area is 118 Å². The summed E-state index contributed by atoms with van der Waals surface area (Å²) in [5.41, 5.74) is 0. The first-order chi connectivity index (χ1) is 8.99. The highest BCUT2D eigenvalue weighted by molar-refractivity contribution is 7.89. The van der Waals surface area contributed by atoms with Gasteiger partial charge in [-0.2, -0.15) is 4.31 Å². The lowest BCUT2D eigenvalue weighted by atomic mass is 9.97. The average molecular weight is 288 g/mol. The maximum absolute atomic E-state index is 12.4. The molecular formula is C14H28N2O2S. The molecule has 1 saturated carbocycles. The van der Waals surface area contributed by atoms with Crippen LogP contribution in [0.1, 0.15) is 52.4 Å². The first kappa shape index (κ1) is 15.3.